The fraction of sp³-hybridized carbons (Fsp3) is 0.226. The molecule has 7 nitrogen and oxygen atoms in total. The van der Waals surface area contributed by atoms with Crippen LogP contribution in [0.3, 0.4) is 0 Å². The predicted octanol–water partition coefficient (Wildman–Crippen LogP) is 6.71. The Balaban J connectivity index is 1.90. The van der Waals surface area contributed by atoms with Crippen LogP contribution in [0.1, 0.15) is 16.9 Å². The predicted molar refractivity (Wildman–Crippen MR) is 158 cm³/mol. The summed E-state index contributed by atoms with van der Waals surface area (Å²) in [5.41, 5.74) is 3.38. The van der Waals surface area contributed by atoms with Crippen molar-refractivity contribution in [2.24, 2.45) is 0 Å². The summed E-state index contributed by atoms with van der Waals surface area (Å²) in [5.74, 6) is 0.605. The van der Waals surface area contributed by atoms with Crippen LogP contribution in [0.15, 0.2) is 97.1 Å². The van der Waals surface area contributed by atoms with Crippen LogP contribution in [-0.2, 0) is 15.7 Å². The first-order valence-electron chi connectivity index (χ1n) is 12.6. The number of hydrogen-bond acceptors (Lipinski definition) is 7. The summed E-state index contributed by atoms with van der Waals surface area (Å²) in [6, 6.07) is 30.7. The molecule has 0 aliphatic heterocycles. The minimum Gasteiger partial charge on any atom is -0.493 e. The van der Waals surface area contributed by atoms with E-state index in [0.29, 0.717) is 28.1 Å². The van der Waals surface area contributed by atoms with Crippen molar-refractivity contribution in [3.63, 3.8) is 0 Å². The fourth-order valence-electron chi connectivity index (χ4n) is 4.32. The summed E-state index contributed by atoms with van der Waals surface area (Å²) < 4.78 is 38.6. The van der Waals surface area contributed by atoms with Crippen LogP contribution in [0, 0.1) is 0 Å². The fourth-order valence-corrected chi connectivity index (χ4v) is 6.68. The van der Waals surface area contributed by atoms with Crippen molar-refractivity contribution in [1.29, 1.82) is 0 Å². The van der Waals surface area contributed by atoms with Crippen molar-refractivity contribution in [3.05, 3.63) is 108 Å². The van der Waals surface area contributed by atoms with Gasteiger partial charge in [-0.15, -0.1) is 0 Å². The number of nitrogens with zero attached hydrogens (tertiary/aromatic N) is 1. The van der Waals surface area contributed by atoms with Gasteiger partial charge >= 0.3 is 0 Å². The Kier molecular flexibility index (Phi) is 9.18. The Hall–Kier alpha value is -3.93. The summed E-state index contributed by atoms with van der Waals surface area (Å²) in [4.78, 5) is 2.00. The molecule has 0 radical (unpaired) electrons. The Morgan fingerprint density at radius 3 is 1.85 bits per heavy atom. The molecule has 1 N–H and O–H groups in total. The van der Waals surface area contributed by atoms with E-state index >= 15 is 4.57 Å². The van der Waals surface area contributed by atoms with Gasteiger partial charge in [0.15, 0.2) is 11.5 Å². The number of nitrogens with one attached hydrogen (secondary N) is 1. The standard InChI is InChI=1S/C31H35N2O5P/c1-33(2)26-16-18-27(19-17-26)39(34,38-22-23-12-8-6-9-13-23)31(32-25-14-10-7-11-15-25)24-20-28(35-3)30(37-5)29(21-24)36-4/h6-21,31-32H,22H2,1-5H3. The number of para-hydroxylation sites is 1. The first kappa shape index (κ1) is 28.1. The van der Waals surface area contributed by atoms with Crippen molar-refractivity contribution in [2.75, 3.05) is 45.6 Å². The van der Waals surface area contributed by atoms with Gasteiger partial charge in [0.25, 0.3) is 7.37 Å². The van der Waals surface area contributed by atoms with Crippen molar-refractivity contribution in [2.45, 2.75) is 12.4 Å². The summed E-state index contributed by atoms with van der Waals surface area (Å²) in [6.07, 6.45) is 0. The van der Waals surface area contributed by atoms with Gasteiger partial charge in [0.1, 0.15) is 5.78 Å². The van der Waals surface area contributed by atoms with Crippen LogP contribution in [0.4, 0.5) is 11.4 Å². The second kappa shape index (κ2) is 12.7. The molecule has 39 heavy (non-hydrogen) atoms. The molecule has 0 saturated carbocycles. The van der Waals surface area contributed by atoms with E-state index < -0.39 is 13.2 Å². The third-order valence-electron chi connectivity index (χ3n) is 6.41. The number of benzene rings is 4. The molecule has 0 saturated heterocycles. The Morgan fingerprint density at radius 1 is 0.769 bits per heavy atom. The molecule has 0 fully saturated rings. The Labute approximate surface area is 230 Å². The number of hydrogen-bond donors (Lipinski definition) is 1. The lowest BCUT2D eigenvalue weighted by Gasteiger charge is -2.31. The zero-order chi connectivity index (χ0) is 27.8. The molecular formula is C31H35N2O5P. The van der Waals surface area contributed by atoms with Gasteiger partial charge in [-0.2, -0.15) is 0 Å². The van der Waals surface area contributed by atoms with E-state index in [1.807, 2.05) is 116 Å². The van der Waals surface area contributed by atoms with Crippen molar-refractivity contribution in [3.8, 4) is 17.2 Å². The highest BCUT2D eigenvalue weighted by molar-refractivity contribution is 7.67. The minimum atomic E-state index is -3.65. The van der Waals surface area contributed by atoms with Gasteiger partial charge in [-0.25, -0.2) is 0 Å². The van der Waals surface area contributed by atoms with Crippen molar-refractivity contribution < 1.29 is 23.3 Å². The maximum atomic E-state index is 15.3. The first-order valence-corrected chi connectivity index (χ1v) is 14.3. The van der Waals surface area contributed by atoms with Crippen LogP contribution in [0.2, 0.25) is 0 Å². The summed E-state index contributed by atoms with van der Waals surface area (Å²) in [6.45, 7) is 0.172. The van der Waals surface area contributed by atoms with Crippen molar-refractivity contribution >= 4 is 24.0 Å². The molecule has 204 valence electrons. The molecule has 0 aliphatic carbocycles. The minimum absolute atomic E-state index is 0.172. The summed E-state index contributed by atoms with van der Waals surface area (Å²) >= 11 is 0. The van der Waals surface area contributed by atoms with E-state index in [1.165, 1.54) is 0 Å². The average Bonchev–Trinajstić information content (AvgIpc) is 2.99. The quantitative estimate of drug-likeness (QED) is 0.198. The number of ether oxygens (including phenoxy) is 3. The molecule has 8 heteroatoms. The Bertz CT molecular complexity index is 1370. The van der Waals surface area contributed by atoms with Crippen LogP contribution >= 0.6 is 7.37 Å². The topological polar surface area (TPSA) is 69.3 Å². The SMILES string of the molecule is COc1cc(C(Nc2ccccc2)P(=O)(OCc2ccccc2)c2ccc(N(C)C)cc2)cc(OC)c1OC. The molecule has 4 rings (SSSR count). The van der Waals surface area contributed by atoms with Gasteiger partial charge in [0, 0.05) is 30.8 Å². The number of methoxy groups -OCH3 is 3. The molecule has 2 unspecified atom stereocenters. The highest BCUT2D eigenvalue weighted by atomic mass is 31.2. The maximum Gasteiger partial charge on any atom is 0.258 e. The van der Waals surface area contributed by atoms with Gasteiger partial charge in [0.05, 0.1) is 27.9 Å². The van der Waals surface area contributed by atoms with Crippen LogP contribution in [0.25, 0.3) is 0 Å². The molecular weight excluding hydrogens is 511 g/mol. The van der Waals surface area contributed by atoms with E-state index in [1.54, 1.807) is 21.3 Å². The molecule has 0 aromatic heterocycles. The zero-order valence-corrected chi connectivity index (χ0v) is 23.9. The molecule has 0 aliphatic rings. The summed E-state index contributed by atoms with van der Waals surface area (Å²) in [7, 11) is 4.97. The van der Waals surface area contributed by atoms with E-state index in [2.05, 4.69) is 5.32 Å². The molecule has 0 bridgehead atoms. The smallest absolute Gasteiger partial charge is 0.258 e. The van der Waals surface area contributed by atoms with Crippen LogP contribution in [0.5, 0.6) is 17.2 Å². The van der Waals surface area contributed by atoms with E-state index in [4.69, 9.17) is 18.7 Å². The third-order valence-corrected chi connectivity index (χ3v) is 9.05. The van der Waals surface area contributed by atoms with E-state index in [0.717, 1.165) is 16.9 Å². The van der Waals surface area contributed by atoms with E-state index in [9.17, 15) is 0 Å². The van der Waals surface area contributed by atoms with Gasteiger partial charge in [-0.05, 0) is 59.7 Å². The second-order valence-corrected chi connectivity index (χ2v) is 11.6. The molecule has 4 aromatic carbocycles. The van der Waals surface area contributed by atoms with Gasteiger partial charge in [0.2, 0.25) is 5.75 Å². The lowest BCUT2D eigenvalue weighted by Crippen LogP contribution is -2.21. The highest BCUT2D eigenvalue weighted by Gasteiger charge is 2.39. The van der Waals surface area contributed by atoms with Gasteiger partial charge in [-0.1, -0.05) is 48.5 Å². The lowest BCUT2D eigenvalue weighted by molar-refractivity contribution is 0.304. The third kappa shape index (κ3) is 6.39. The monoisotopic (exact) mass is 546 g/mol. The highest BCUT2D eigenvalue weighted by Crippen LogP contribution is 2.60. The van der Waals surface area contributed by atoms with Gasteiger partial charge in [-0.3, -0.25) is 4.57 Å². The van der Waals surface area contributed by atoms with Crippen molar-refractivity contribution in [1.82, 2.24) is 0 Å². The summed E-state index contributed by atoms with van der Waals surface area (Å²) in [5, 5.41) is 4.09. The number of rotatable bonds is 12. The largest absolute Gasteiger partial charge is 0.493 e. The first-order chi connectivity index (χ1) is 18.9. The Morgan fingerprint density at radius 2 is 1.33 bits per heavy atom. The zero-order valence-electron chi connectivity index (χ0n) is 23.0. The average molecular weight is 547 g/mol. The molecule has 0 spiro atoms. The number of anilines is 2. The molecule has 2 atom stereocenters. The maximum absolute atomic E-state index is 15.3. The molecule has 0 heterocycles. The van der Waals surface area contributed by atoms with Crippen LogP contribution < -0.4 is 29.7 Å². The van der Waals surface area contributed by atoms with Crippen LogP contribution in [-0.4, -0.2) is 35.4 Å². The molecule has 4 aromatic rings. The molecule has 0 amide bonds. The normalized spacial score (nSPS) is 13.2. The lowest BCUT2D eigenvalue weighted by atomic mass is 10.1. The van der Waals surface area contributed by atoms with Gasteiger partial charge < -0.3 is 29.0 Å². The second-order valence-electron chi connectivity index (χ2n) is 9.14. The van der Waals surface area contributed by atoms with E-state index in [-0.39, 0.29) is 6.61 Å².